The van der Waals surface area contributed by atoms with Gasteiger partial charge in [-0.2, -0.15) is 0 Å². The Morgan fingerprint density at radius 2 is 1.76 bits per heavy atom. The molecule has 0 saturated heterocycles. The van der Waals surface area contributed by atoms with Gasteiger partial charge in [-0.1, -0.05) is 13.3 Å². The third-order valence-corrected chi connectivity index (χ3v) is 3.44. The number of allylic oxidation sites excluding steroid dienone is 1. The van der Waals surface area contributed by atoms with Crippen LogP contribution in [0.2, 0.25) is 19.6 Å². The second-order valence-electron chi connectivity index (χ2n) is 5.84. The summed E-state index contributed by atoms with van der Waals surface area (Å²) in [5.74, 6) is 0.266. The van der Waals surface area contributed by atoms with Crippen molar-refractivity contribution >= 4 is 14.3 Å². The monoisotopic (exact) mass is 314 g/mol. The molecule has 122 valence electrons. The van der Waals surface area contributed by atoms with Crippen LogP contribution in [0.3, 0.4) is 0 Å². The Morgan fingerprint density at radius 3 is 2.24 bits per heavy atom. The molecule has 0 aromatic carbocycles. The average molecular weight is 314 g/mol. The molecule has 0 saturated carbocycles. The van der Waals surface area contributed by atoms with E-state index >= 15 is 0 Å². The largest absolute Gasteiger partial charge is 0.514 e. The molecule has 0 fully saturated rings. The minimum absolute atomic E-state index is 0.199. The van der Waals surface area contributed by atoms with Gasteiger partial charge in [0, 0.05) is 6.42 Å². The zero-order valence-electron chi connectivity index (χ0n) is 14.4. The maximum Gasteiger partial charge on any atom is 0.313 e. The van der Waals surface area contributed by atoms with Gasteiger partial charge in [0.25, 0.3) is 0 Å². The first kappa shape index (κ1) is 19.8. The van der Waals surface area contributed by atoms with Crippen molar-refractivity contribution < 1.29 is 18.7 Å². The maximum atomic E-state index is 11.3. The molecule has 0 aromatic rings. The van der Waals surface area contributed by atoms with Crippen LogP contribution in [0.25, 0.3) is 0 Å². The Morgan fingerprint density at radius 1 is 1.10 bits per heavy atom. The molecule has 0 rings (SSSR count). The Kier molecular flexibility index (Phi) is 9.92. The van der Waals surface area contributed by atoms with E-state index < -0.39 is 8.32 Å². The fraction of sp³-hybridized carbons (Fsp3) is 0.750. The number of unbranched alkanes of at least 4 members (excludes halogenated alkanes) is 1. The van der Waals surface area contributed by atoms with Gasteiger partial charge in [0.1, 0.15) is 0 Å². The number of hydrogen-bond donors (Lipinski definition) is 0. The van der Waals surface area contributed by atoms with Crippen LogP contribution >= 0.6 is 0 Å². The SMILES string of the molecule is CCCCC(=C=C(OCC)O[Si](C)(C)C)CCC(=O)OC. The van der Waals surface area contributed by atoms with Crippen molar-refractivity contribution in [3.8, 4) is 0 Å². The number of carbonyl (C=O) groups excluding carboxylic acids is 1. The molecule has 0 radical (unpaired) electrons. The number of rotatable bonds is 10. The molecule has 0 unspecified atom stereocenters. The van der Waals surface area contributed by atoms with Crippen LogP contribution in [0, 0.1) is 0 Å². The molecular formula is C16H30O4Si. The lowest BCUT2D eigenvalue weighted by molar-refractivity contribution is -0.140. The van der Waals surface area contributed by atoms with E-state index in [9.17, 15) is 4.79 Å². The highest BCUT2D eigenvalue weighted by molar-refractivity contribution is 6.69. The Labute approximate surface area is 130 Å². The zero-order chi connectivity index (χ0) is 16.3. The summed E-state index contributed by atoms with van der Waals surface area (Å²) < 4.78 is 16.1. The number of methoxy groups -OCH3 is 1. The van der Waals surface area contributed by atoms with E-state index in [1.54, 1.807) is 0 Å². The van der Waals surface area contributed by atoms with Crippen molar-refractivity contribution in [2.75, 3.05) is 13.7 Å². The van der Waals surface area contributed by atoms with Gasteiger partial charge in [-0.3, -0.25) is 4.79 Å². The number of ether oxygens (including phenoxy) is 2. The molecular weight excluding hydrogens is 284 g/mol. The fourth-order valence-corrected chi connectivity index (χ4v) is 2.31. The first-order chi connectivity index (χ1) is 9.82. The third kappa shape index (κ3) is 11.2. The predicted molar refractivity (Wildman–Crippen MR) is 87.4 cm³/mol. The van der Waals surface area contributed by atoms with Gasteiger partial charge < -0.3 is 13.9 Å². The molecule has 0 N–H and O–H groups in total. The van der Waals surface area contributed by atoms with Crippen molar-refractivity contribution in [1.82, 2.24) is 0 Å². The second-order valence-corrected chi connectivity index (χ2v) is 10.3. The number of hydrogen-bond acceptors (Lipinski definition) is 4. The van der Waals surface area contributed by atoms with E-state index in [0.29, 0.717) is 25.4 Å². The highest BCUT2D eigenvalue weighted by Gasteiger charge is 2.18. The van der Waals surface area contributed by atoms with Crippen LogP contribution in [0.5, 0.6) is 0 Å². The molecule has 0 atom stereocenters. The summed E-state index contributed by atoms with van der Waals surface area (Å²) in [6.45, 7) is 10.9. The molecule has 0 aliphatic carbocycles. The van der Waals surface area contributed by atoms with Gasteiger partial charge >= 0.3 is 11.9 Å². The first-order valence-corrected chi connectivity index (χ1v) is 11.1. The maximum absolute atomic E-state index is 11.3. The van der Waals surface area contributed by atoms with Crippen molar-refractivity contribution in [3.05, 3.63) is 17.2 Å². The topological polar surface area (TPSA) is 44.8 Å². The molecule has 5 heteroatoms. The number of carbonyl (C=O) groups is 1. The highest BCUT2D eigenvalue weighted by atomic mass is 28.4. The van der Waals surface area contributed by atoms with E-state index in [2.05, 4.69) is 32.3 Å². The Balaban J connectivity index is 5.14. The predicted octanol–water partition coefficient (Wildman–Crippen LogP) is 4.38. The Hall–Kier alpha value is -1.19. The van der Waals surface area contributed by atoms with Crippen LogP contribution in [0.15, 0.2) is 17.2 Å². The summed E-state index contributed by atoms with van der Waals surface area (Å²) in [5, 5.41) is 0. The Bertz CT molecular complexity index is 376. The summed E-state index contributed by atoms with van der Waals surface area (Å²) in [5.41, 5.74) is 4.30. The fourth-order valence-electron chi connectivity index (χ4n) is 1.64. The molecule has 0 bridgehead atoms. The van der Waals surface area contributed by atoms with Crippen molar-refractivity contribution in [1.29, 1.82) is 0 Å². The lowest BCUT2D eigenvalue weighted by Crippen LogP contribution is -2.25. The van der Waals surface area contributed by atoms with E-state index in [1.165, 1.54) is 7.11 Å². The highest BCUT2D eigenvalue weighted by Crippen LogP contribution is 2.17. The summed E-state index contributed by atoms with van der Waals surface area (Å²) in [7, 11) is -0.327. The van der Waals surface area contributed by atoms with Crippen molar-refractivity contribution in [3.63, 3.8) is 0 Å². The van der Waals surface area contributed by atoms with Gasteiger partial charge in [0.05, 0.1) is 13.7 Å². The van der Waals surface area contributed by atoms with Crippen LogP contribution in [-0.4, -0.2) is 28.0 Å². The lowest BCUT2D eigenvalue weighted by atomic mass is 10.0. The summed E-state index contributed by atoms with van der Waals surface area (Å²) in [6, 6.07) is 0. The van der Waals surface area contributed by atoms with Crippen molar-refractivity contribution in [2.24, 2.45) is 0 Å². The molecule has 0 amide bonds. The normalized spacial score (nSPS) is 10.6. The third-order valence-electron chi connectivity index (χ3n) is 2.64. The molecule has 0 spiro atoms. The van der Waals surface area contributed by atoms with Crippen LogP contribution in [0.4, 0.5) is 0 Å². The van der Waals surface area contributed by atoms with Gasteiger partial charge in [-0.05, 0) is 57.1 Å². The smallest absolute Gasteiger partial charge is 0.313 e. The van der Waals surface area contributed by atoms with Gasteiger partial charge in [-0.15, -0.1) is 0 Å². The van der Waals surface area contributed by atoms with E-state index in [-0.39, 0.29) is 5.97 Å². The standard InChI is InChI=1S/C16H30O4Si/c1-7-9-10-14(11-12-15(17)18-3)13-16(19-8-2)20-21(4,5)6/h7-12H2,1-6H3. The summed E-state index contributed by atoms with van der Waals surface area (Å²) in [4.78, 5) is 11.3. The van der Waals surface area contributed by atoms with Gasteiger partial charge in [-0.25, -0.2) is 0 Å². The quantitative estimate of drug-likeness (QED) is 0.260. The van der Waals surface area contributed by atoms with Gasteiger partial charge in [0.2, 0.25) is 8.32 Å². The average Bonchev–Trinajstić information content (AvgIpc) is 2.39. The van der Waals surface area contributed by atoms with Crippen LogP contribution < -0.4 is 0 Å². The summed E-state index contributed by atoms with van der Waals surface area (Å²) in [6.07, 6.45) is 4.07. The molecule has 21 heavy (non-hydrogen) atoms. The van der Waals surface area contributed by atoms with E-state index in [0.717, 1.165) is 24.8 Å². The number of esters is 1. The van der Waals surface area contributed by atoms with Crippen LogP contribution in [0.1, 0.15) is 46.0 Å². The molecule has 4 nitrogen and oxygen atoms in total. The molecule has 0 heterocycles. The van der Waals surface area contributed by atoms with E-state index in [1.807, 2.05) is 6.92 Å². The van der Waals surface area contributed by atoms with E-state index in [4.69, 9.17) is 13.9 Å². The van der Waals surface area contributed by atoms with Gasteiger partial charge in [0.15, 0.2) is 0 Å². The van der Waals surface area contributed by atoms with Crippen LogP contribution in [-0.2, 0) is 18.7 Å². The van der Waals surface area contributed by atoms with Crippen molar-refractivity contribution in [2.45, 2.75) is 65.6 Å². The minimum atomic E-state index is -1.74. The molecule has 0 aliphatic heterocycles. The zero-order valence-corrected chi connectivity index (χ0v) is 15.4. The minimum Gasteiger partial charge on any atom is -0.514 e. The molecule has 0 aliphatic rings. The first-order valence-electron chi connectivity index (χ1n) is 7.69. The second kappa shape index (κ2) is 10.5. The summed E-state index contributed by atoms with van der Waals surface area (Å²) >= 11 is 0. The molecule has 0 aromatic heterocycles. The lowest BCUT2D eigenvalue weighted by Gasteiger charge is -2.20.